The summed E-state index contributed by atoms with van der Waals surface area (Å²) in [5.74, 6) is 0.492. The summed E-state index contributed by atoms with van der Waals surface area (Å²) in [6, 6.07) is 0. The Morgan fingerprint density at radius 1 is 1.56 bits per heavy atom. The molecular weight excluding hydrogens is 250 g/mol. The van der Waals surface area contributed by atoms with Gasteiger partial charge in [-0.25, -0.2) is 0 Å². The van der Waals surface area contributed by atoms with Crippen LogP contribution in [0.2, 0.25) is 0 Å². The van der Waals surface area contributed by atoms with Gasteiger partial charge >= 0.3 is 0 Å². The fraction of sp³-hybridized carbons (Fsp3) is 0.286. The molecule has 2 aromatic heterocycles. The van der Waals surface area contributed by atoms with Crippen LogP contribution in [0.3, 0.4) is 0 Å². The second-order valence-corrected chi connectivity index (χ2v) is 4.43. The van der Waals surface area contributed by atoms with Crippen molar-refractivity contribution in [2.45, 2.75) is 12.1 Å². The molecule has 2 aromatic rings. The second-order valence-electron chi connectivity index (χ2n) is 2.67. The first-order chi connectivity index (χ1) is 7.74. The van der Waals surface area contributed by atoms with Gasteiger partial charge < -0.3 is 4.42 Å². The number of aromatic nitrogens is 4. The van der Waals surface area contributed by atoms with Crippen LogP contribution in [-0.2, 0) is 4.79 Å². The van der Waals surface area contributed by atoms with Gasteiger partial charge in [0.2, 0.25) is 16.9 Å². The van der Waals surface area contributed by atoms with E-state index < -0.39 is 0 Å². The minimum atomic E-state index is -0.183. The molecule has 2 rings (SSSR count). The van der Waals surface area contributed by atoms with Gasteiger partial charge in [0.25, 0.3) is 5.22 Å². The zero-order valence-electron chi connectivity index (χ0n) is 8.21. The maximum atomic E-state index is 11.4. The smallest absolute Gasteiger partial charge is 0.277 e. The Labute approximate surface area is 98.7 Å². The van der Waals surface area contributed by atoms with Gasteiger partial charge in [0.15, 0.2) is 0 Å². The number of hydrogen-bond acceptors (Lipinski definition) is 8. The summed E-state index contributed by atoms with van der Waals surface area (Å²) < 4.78 is 5.10. The third-order valence-electron chi connectivity index (χ3n) is 1.44. The lowest BCUT2D eigenvalue weighted by molar-refractivity contribution is -0.113. The van der Waals surface area contributed by atoms with E-state index in [1.807, 2.05) is 0 Å². The van der Waals surface area contributed by atoms with Crippen LogP contribution in [0.1, 0.15) is 5.89 Å². The first-order valence-electron chi connectivity index (χ1n) is 4.23. The molecule has 2 heterocycles. The van der Waals surface area contributed by atoms with Gasteiger partial charge in [-0.2, -0.15) is 0 Å². The van der Waals surface area contributed by atoms with Gasteiger partial charge in [0.05, 0.1) is 5.75 Å². The maximum Gasteiger partial charge on any atom is 0.277 e. The highest BCUT2D eigenvalue weighted by Crippen LogP contribution is 2.16. The number of thioether (sulfide) groups is 1. The maximum absolute atomic E-state index is 11.4. The molecule has 0 aliphatic heterocycles. The molecular formula is C7H7N5O2S2. The molecule has 0 unspecified atom stereocenters. The van der Waals surface area contributed by atoms with Crippen molar-refractivity contribution in [2.75, 3.05) is 11.1 Å². The van der Waals surface area contributed by atoms with Crippen LogP contribution in [-0.4, -0.2) is 32.1 Å². The van der Waals surface area contributed by atoms with Crippen LogP contribution in [0.25, 0.3) is 0 Å². The summed E-state index contributed by atoms with van der Waals surface area (Å²) in [5.41, 5.74) is 1.55. The monoisotopic (exact) mass is 257 g/mol. The Hall–Kier alpha value is -1.48. The molecule has 0 atom stereocenters. The fourth-order valence-corrected chi connectivity index (χ4v) is 1.91. The van der Waals surface area contributed by atoms with Crippen molar-refractivity contribution >= 4 is 34.1 Å². The summed E-state index contributed by atoms with van der Waals surface area (Å²) in [6.07, 6.45) is 0. The molecule has 0 aliphatic rings. The normalized spacial score (nSPS) is 10.3. The van der Waals surface area contributed by atoms with E-state index in [-0.39, 0.29) is 11.7 Å². The number of carbonyl (C=O) groups is 1. The largest absolute Gasteiger partial charge is 0.416 e. The van der Waals surface area contributed by atoms with E-state index >= 15 is 0 Å². The van der Waals surface area contributed by atoms with Crippen LogP contribution in [0, 0.1) is 6.92 Å². The Bertz CT molecular complexity index is 469. The minimum absolute atomic E-state index is 0.183. The van der Waals surface area contributed by atoms with Gasteiger partial charge in [-0.15, -0.1) is 20.4 Å². The number of anilines is 1. The first-order valence-corrected chi connectivity index (χ1v) is 6.09. The van der Waals surface area contributed by atoms with Crippen molar-refractivity contribution in [3.05, 3.63) is 11.4 Å². The first kappa shape index (κ1) is 11.0. The quantitative estimate of drug-likeness (QED) is 0.815. The predicted octanol–water partition coefficient (Wildman–Crippen LogP) is 0.960. The highest BCUT2D eigenvalue weighted by Gasteiger charge is 2.09. The predicted molar refractivity (Wildman–Crippen MR) is 58.3 cm³/mol. The number of rotatable bonds is 4. The highest BCUT2D eigenvalue weighted by atomic mass is 32.2. The summed E-state index contributed by atoms with van der Waals surface area (Å²) in [7, 11) is 0. The van der Waals surface area contributed by atoms with Gasteiger partial charge in [0, 0.05) is 6.92 Å². The number of nitrogens with zero attached hydrogens (tertiary/aromatic N) is 4. The van der Waals surface area contributed by atoms with Gasteiger partial charge in [-0.3, -0.25) is 10.1 Å². The van der Waals surface area contributed by atoms with E-state index in [1.54, 1.807) is 12.4 Å². The van der Waals surface area contributed by atoms with Gasteiger partial charge in [-0.1, -0.05) is 23.1 Å². The average molecular weight is 257 g/mol. The number of nitrogens with one attached hydrogen (secondary N) is 1. The van der Waals surface area contributed by atoms with Crippen LogP contribution >= 0.6 is 23.1 Å². The van der Waals surface area contributed by atoms with E-state index in [4.69, 9.17) is 4.42 Å². The Kier molecular flexibility index (Phi) is 3.47. The van der Waals surface area contributed by atoms with E-state index in [1.165, 1.54) is 23.1 Å². The molecule has 0 saturated heterocycles. The second kappa shape index (κ2) is 5.03. The van der Waals surface area contributed by atoms with Crippen molar-refractivity contribution < 1.29 is 9.21 Å². The Morgan fingerprint density at radius 3 is 3.06 bits per heavy atom. The van der Waals surface area contributed by atoms with Crippen molar-refractivity contribution in [3.8, 4) is 0 Å². The number of carbonyl (C=O) groups excluding carboxylic acids is 1. The van der Waals surface area contributed by atoms with E-state index in [2.05, 4.69) is 25.7 Å². The fourth-order valence-electron chi connectivity index (χ4n) is 0.847. The molecule has 1 N–H and O–H groups in total. The zero-order valence-corrected chi connectivity index (χ0v) is 9.84. The van der Waals surface area contributed by atoms with Crippen molar-refractivity contribution in [1.29, 1.82) is 0 Å². The topological polar surface area (TPSA) is 93.8 Å². The highest BCUT2D eigenvalue weighted by molar-refractivity contribution is 7.99. The van der Waals surface area contributed by atoms with Gasteiger partial charge in [0.1, 0.15) is 5.51 Å². The van der Waals surface area contributed by atoms with Crippen molar-refractivity contribution in [2.24, 2.45) is 0 Å². The molecule has 84 valence electrons. The Balaban J connectivity index is 1.80. The SMILES string of the molecule is Cc1nnc(SCC(=O)Nc2nncs2)o1. The molecule has 0 saturated carbocycles. The van der Waals surface area contributed by atoms with E-state index in [0.29, 0.717) is 16.2 Å². The average Bonchev–Trinajstić information content (AvgIpc) is 2.87. The summed E-state index contributed by atoms with van der Waals surface area (Å²) >= 11 is 2.44. The summed E-state index contributed by atoms with van der Waals surface area (Å²) in [6.45, 7) is 1.69. The summed E-state index contributed by atoms with van der Waals surface area (Å²) in [5, 5.41) is 18.2. The van der Waals surface area contributed by atoms with Crippen LogP contribution in [0.15, 0.2) is 15.2 Å². The molecule has 1 amide bonds. The molecule has 0 bridgehead atoms. The van der Waals surface area contributed by atoms with Crippen LogP contribution in [0.4, 0.5) is 5.13 Å². The molecule has 0 radical (unpaired) electrons. The zero-order chi connectivity index (χ0) is 11.4. The molecule has 0 spiro atoms. The van der Waals surface area contributed by atoms with Crippen molar-refractivity contribution in [1.82, 2.24) is 20.4 Å². The van der Waals surface area contributed by atoms with E-state index in [9.17, 15) is 4.79 Å². The lowest BCUT2D eigenvalue weighted by Crippen LogP contribution is -2.13. The molecule has 0 fully saturated rings. The molecule has 0 aliphatic carbocycles. The molecule has 7 nitrogen and oxygen atoms in total. The number of aryl methyl sites for hydroxylation is 1. The minimum Gasteiger partial charge on any atom is -0.416 e. The van der Waals surface area contributed by atoms with Crippen molar-refractivity contribution in [3.63, 3.8) is 0 Å². The number of amides is 1. The lowest BCUT2D eigenvalue weighted by atomic mass is 10.7. The lowest BCUT2D eigenvalue weighted by Gasteiger charge is -1.97. The van der Waals surface area contributed by atoms with Crippen LogP contribution in [0.5, 0.6) is 0 Å². The standard InChI is InChI=1S/C7H7N5O2S2/c1-4-10-12-7(14-4)15-2-5(13)9-6-11-8-3-16-6/h3H,2H2,1H3,(H,9,11,13). The molecule has 9 heteroatoms. The third-order valence-corrected chi connectivity index (χ3v) is 2.87. The third kappa shape index (κ3) is 3.00. The van der Waals surface area contributed by atoms with Crippen LogP contribution < -0.4 is 5.32 Å². The summed E-state index contributed by atoms with van der Waals surface area (Å²) in [4.78, 5) is 11.4. The molecule has 0 aromatic carbocycles. The van der Waals surface area contributed by atoms with E-state index in [0.717, 1.165) is 0 Å². The molecule has 16 heavy (non-hydrogen) atoms. The van der Waals surface area contributed by atoms with Gasteiger partial charge in [-0.05, 0) is 0 Å². The Morgan fingerprint density at radius 2 is 2.44 bits per heavy atom. The number of hydrogen-bond donors (Lipinski definition) is 1.